The molecular formula is C13H19IO5. The van der Waals surface area contributed by atoms with Crippen molar-refractivity contribution in [3.05, 3.63) is 21.8 Å². The Morgan fingerprint density at radius 3 is 2.58 bits per heavy atom. The maximum absolute atomic E-state index is 11.4. The molecule has 1 heterocycles. The van der Waals surface area contributed by atoms with E-state index in [0.717, 1.165) is 5.57 Å². The normalized spacial score (nSPS) is 28.0. The van der Waals surface area contributed by atoms with Gasteiger partial charge >= 0.3 is 5.97 Å². The number of esters is 1. The summed E-state index contributed by atoms with van der Waals surface area (Å²) in [5, 5.41) is 10.2. The van der Waals surface area contributed by atoms with Gasteiger partial charge in [-0.05, 0) is 30.4 Å². The second kappa shape index (κ2) is 6.34. The molecule has 0 aromatic rings. The zero-order valence-electron chi connectivity index (χ0n) is 11.5. The van der Waals surface area contributed by atoms with Gasteiger partial charge in [0.1, 0.15) is 18.3 Å². The van der Waals surface area contributed by atoms with Gasteiger partial charge in [0.05, 0.1) is 12.7 Å². The predicted molar refractivity (Wildman–Crippen MR) is 78.8 cm³/mol. The van der Waals surface area contributed by atoms with Crippen LogP contribution in [0.2, 0.25) is 0 Å². The van der Waals surface area contributed by atoms with E-state index < -0.39 is 30.1 Å². The molecule has 1 rings (SSSR count). The third kappa shape index (κ3) is 3.77. The van der Waals surface area contributed by atoms with Crippen molar-refractivity contribution in [3.63, 3.8) is 0 Å². The summed E-state index contributed by atoms with van der Waals surface area (Å²) in [5.41, 5.74) is 0.868. The van der Waals surface area contributed by atoms with E-state index in [1.807, 2.05) is 11.0 Å². The topological polar surface area (TPSA) is 65.0 Å². The largest absolute Gasteiger partial charge is 0.466 e. The molecule has 0 aliphatic carbocycles. The molecule has 1 aliphatic heterocycles. The van der Waals surface area contributed by atoms with Gasteiger partial charge < -0.3 is 19.3 Å². The Morgan fingerprint density at radius 1 is 1.53 bits per heavy atom. The van der Waals surface area contributed by atoms with Gasteiger partial charge in [-0.3, -0.25) is 0 Å². The molecule has 1 fully saturated rings. The van der Waals surface area contributed by atoms with Gasteiger partial charge in [-0.15, -0.1) is 0 Å². The maximum Gasteiger partial charge on any atom is 0.335 e. The lowest BCUT2D eigenvalue weighted by Crippen LogP contribution is -2.39. The van der Waals surface area contributed by atoms with Gasteiger partial charge in [0.15, 0.2) is 5.79 Å². The summed E-state index contributed by atoms with van der Waals surface area (Å²) in [6, 6.07) is 0. The van der Waals surface area contributed by atoms with Crippen LogP contribution in [0.1, 0.15) is 20.8 Å². The summed E-state index contributed by atoms with van der Waals surface area (Å²) in [6.07, 6.45) is -2.29. The van der Waals surface area contributed by atoms with Crippen LogP contribution in [0.25, 0.3) is 0 Å². The molecule has 0 aromatic heterocycles. The molecule has 0 radical (unpaired) electrons. The number of rotatable bonds is 4. The zero-order valence-corrected chi connectivity index (χ0v) is 13.6. The standard InChI is InChI=1S/C13H19IO5/c1-7(6-14)10-11(19-13(3,4)18-10)9(15)8(2)12(16)17-5/h6,9-11,15H,2H2,1,3-5H3/b7-6-/t9?,10-,11?/m0/s1. The fraction of sp³-hybridized carbons (Fsp3) is 0.615. The first-order valence-corrected chi connectivity index (χ1v) is 7.05. The van der Waals surface area contributed by atoms with Crippen LogP contribution in [0.3, 0.4) is 0 Å². The van der Waals surface area contributed by atoms with Crippen molar-refractivity contribution in [1.29, 1.82) is 0 Å². The average molecular weight is 382 g/mol. The molecule has 0 spiro atoms. The lowest BCUT2D eigenvalue weighted by atomic mass is 9.98. The number of hydrogen-bond acceptors (Lipinski definition) is 5. The van der Waals surface area contributed by atoms with Crippen molar-refractivity contribution in [1.82, 2.24) is 0 Å². The van der Waals surface area contributed by atoms with Crippen LogP contribution < -0.4 is 0 Å². The molecule has 2 unspecified atom stereocenters. The number of carbonyl (C=O) groups is 1. The number of ether oxygens (including phenoxy) is 3. The van der Waals surface area contributed by atoms with E-state index in [2.05, 4.69) is 33.9 Å². The first-order chi connectivity index (χ1) is 8.73. The first-order valence-electron chi connectivity index (χ1n) is 5.81. The van der Waals surface area contributed by atoms with E-state index in [0.29, 0.717) is 0 Å². The predicted octanol–water partition coefficient (Wildman–Crippen LogP) is 1.94. The highest BCUT2D eigenvalue weighted by Crippen LogP contribution is 2.35. The van der Waals surface area contributed by atoms with Gasteiger partial charge in [-0.25, -0.2) is 4.79 Å². The third-order valence-corrected chi connectivity index (χ3v) is 3.85. The van der Waals surface area contributed by atoms with Crippen LogP contribution in [0, 0.1) is 0 Å². The number of aliphatic hydroxyl groups excluding tert-OH is 1. The minimum atomic E-state index is -1.18. The fourth-order valence-electron chi connectivity index (χ4n) is 1.88. The van der Waals surface area contributed by atoms with E-state index in [1.54, 1.807) is 13.8 Å². The Kier molecular flexibility index (Phi) is 5.54. The van der Waals surface area contributed by atoms with E-state index in [9.17, 15) is 9.90 Å². The molecule has 19 heavy (non-hydrogen) atoms. The number of methoxy groups -OCH3 is 1. The number of halogens is 1. The highest BCUT2D eigenvalue weighted by Gasteiger charge is 2.46. The van der Waals surface area contributed by atoms with E-state index in [1.165, 1.54) is 7.11 Å². The second-order valence-electron chi connectivity index (χ2n) is 4.84. The highest BCUT2D eigenvalue weighted by atomic mass is 127. The summed E-state index contributed by atoms with van der Waals surface area (Å²) < 4.78 is 17.8. The minimum absolute atomic E-state index is 0.0416. The average Bonchev–Trinajstić information content (AvgIpc) is 2.71. The molecule has 0 saturated carbocycles. The van der Waals surface area contributed by atoms with Crippen LogP contribution >= 0.6 is 22.6 Å². The summed E-state index contributed by atoms with van der Waals surface area (Å²) in [6.45, 7) is 8.95. The molecule has 0 bridgehead atoms. The monoisotopic (exact) mass is 382 g/mol. The Labute approximate surface area is 126 Å². The molecule has 1 N–H and O–H groups in total. The van der Waals surface area contributed by atoms with Crippen LogP contribution in [-0.4, -0.2) is 42.3 Å². The van der Waals surface area contributed by atoms with Crippen molar-refractivity contribution in [2.75, 3.05) is 7.11 Å². The van der Waals surface area contributed by atoms with Gasteiger partial charge in [0.25, 0.3) is 0 Å². The molecule has 108 valence electrons. The quantitative estimate of drug-likeness (QED) is 0.458. The zero-order chi connectivity index (χ0) is 14.8. The summed E-state index contributed by atoms with van der Waals surface area (Å²) in [7, 11) is 1.24. The number of carbonyl (C=O) groups excluding carboxylic acids is 1. The van der Waals surface area contributed by atoms with Gasteiger partial charge in [0.2, 0.25) is 0 Å². The molecule has 3 atom stereocenters. The Bertz CT molecular complexity index is 402. The Morgan fingerprint density at radius 2 is 2.11 bits per heavy atom. The van der Waals surface area contributed by atoms with Crippen LogP contribution in [0.4, 0.5) is 0 Å². The molecule has 0 aromatic carbocycles. The summed E-state index contributed by atoms with van der Waals surface area (Å²) >= 11 is 2.09. The van der Waals surface area contributed by atoms with Crippen LogP contribution in [0.15, 0.2) is 21.8 Å². The molecule has 0 amide bonds. The van der Waals surface area contributed by atoms with Crippen LogP contribution in [-0.2, 0) is 19.0 Å². The fourth-order valence-corrected chi connectivity index (χ4v) is 2.24. The third-order valence-electron chi connectivity index (χ3n) is 2.87. The lowest BCUT2D eigenvalue weighted by molar-refractivity contribution is -0.154. The smallest absolute Gasteiger partial charge is 0.335 e. The molecule has 5 nitrogen and oxygen atoms in total. The summed E-state index contributed by atoms with van der Waals surface area (Å²) in [4.78, 5) is 11.4. The Hall–Kier alpha value is -0.440. The van der Waals surface area contributed by atoms with Crippen LogP contribution in [0.5, 0.6) is 0 Å². The second-order valence-corrected chi connectivity index (χ2v) is 5.46. The maximum atomic E-state index is 11.4. The summed E-state index contributed by atoms with van der Waals surface area (Å²) in [5.74, 6) is -1.48. The van der Waals surface area contributed by atoms with Crippen molar-refractivity contribution in [3.8, 4) is 0 Å². The first kappa shape index (κ1) is 16.6. The van der Waals surface area contributed by atoms with Crippen molar-refractivity contribution in [2.24, 2.45) is 0 Å². The molecule has 6 heteroatoms. The highest BCUT2D eigenvalue weighted by molar-refractivity contribution is 14.1. The van der Waals surface area contributed by atoms with Gasteiger partial charge in [0, 0.05) is 0 Å². The molecular weight excluding hydrogens is 363 g/mol. The minimum Gasteiger partial charge on any atom is -0.466 e. The SMILES string of the molecule is C=C(C(=O)OC)C(O)C1OC(C)(C)O[C@H]1/C(C)=C\I. The van der Waals surface area contributed by atoms with E-state index in [-0.39, 0.29) is 5.57 Å². The van der Waals surface area contributed by atoms with Gasteiger partial charge in [-0.2, -0.15) is 0 Å². The van der Waals surface area contributed by atoms with Crippen molar-refractivity contribution >= 4 is 28.6 Å². The Balaban J connectivity index is 2.96. The van der Waals surface area contributed by atoms with Gasteiger partial charge in [-0.1, -0.05) is 29.2 Å². The van der Waals surface area contributed by atoms with Crippen molar-refractivity contribution < 1.29 is 24.1 Å². The molecule has 1 saturated heterocycles. The lowest BCUT2D eigenvalue weighted by Gasteiger charge is -2.23. The molecule has 1 aliphatic rings. The van der Waals surface area contributed by atoms with E-state index >= 15 is 0 Å². The van der Waals surface area contributed by atoms with E-state index in [4.69, 9.17) is 9.47 Å². The van der Waals surface area contributed by atoms with Crippen molar-refractivity contribution in [2.45, 2.75) is 44.9 Å². The number of aliphatic hydroxyl groups is 1. The number of hydrogen-bond donors (Lipinski definition) is 1.